The molecule has 2 saturated heterocycles. The maximum Gasteiger partial charge on any atom is 0.325 e. The zero-order valence-electron chi connectivity index (χ0n) is 20.4. The van der Waals surface area contributed by atoms with Crippen LogP contribution in [0.2, 0.25) is 0 Å². The maximum absolute atomic E-state index is 13.9. The van der Waals surface area contributed by atoms with Gasteiger partial charge in [-0.3, -0.25) is 29.8 Å². The van der Waals surface area contributed by atoms with Crippen LogP contribution in [0.4, 0.5) is 11.4 Å². The fraction of sp³-hybridized carbons (Fsp3) is 0.250. The topological polar surface area (TPSA) is 150 Å². The number of nitrogens with one attached hydrogen (secondary N) is 1. The lowest BCUT2D eigenvalue weighted by molar-refractivity contribution is -0.384. The molecule has 2 heterocycles. The van der Waals surface area contributed by atoms with Crippen molar-refractivity contribution in [1.29, 1.82) is 0 Å². The Bertz CT molecular complexity index is 1440. The molecule has 2 aliphatic heterocycles. The summed E-state index contributed by atoms with van der Waals surface area (Å²) in [7, 11) is 0. The molecule has 4 atom stereocenters. The third kappa shape index (κ3) is 3.90. The number of carbonyl (C=O) groups is 3. The Morgan fingerprint density at radius 2 is 1.63 bits per heavy atom. The normalized spacial score (nSPS) is 24.4. The van der Waals surface area contributed by atoms with E-state index < -0.39 is 46.1 Å². The van der Waals surface area contributed by atoms with Gasteiger partial charge < -0.3 is 10.2 Å². The first-order valence-electron chi connectivity index (χ1n) is 12.2. The predicted molar refractivity (Wildman–Crippen MR) is 136 cm³/mol. The molecule has 10 nitrogen and oxygen atoms in total. The van der Waals surface area contributed by atoms with E-state index in [1.807, 2.05) is 19.1 Å². The monoisotopic (exact) mass is 515 g/mol. The van der Waals surface area contributed by atoms with Crippen LogP contribution in [0.5, 0.6) is 5.75 Å². The summed E-state index contributed by atoms with van der Waals surface area (Å²) in [5.41, 5.74) is 0.0266. The Morgan fingerprint density at radius 3 is 2.21 bits per heavy atom. The number of carbonyl (C=O) groups excluding carboxylic acids is 2. The average molecular weight is 516 g/mol. The number of carboxylic acids is 1. The van der Waals surface area contributed by atoms with Gasteiger partial charge in [-0.2, -0.15) is 0 Å². The third-order valence-corrected chi connectivity index (χ3v) is 7.54. The molecule has 2 aliphatic rings. The summed E-state index contributed by atoms with van der Waals surface area (Å²) in [6.07, 6.45) is 0.553. The molecular formula is C28H25N3O7. The zero-order chi connectivity index (χ0) is 27.2. The number of phenolic OH excluding ortho intramolecular Hbond substituents is 1. The van der Waals surface area contributed by atoms with Crippen molar-refractivity contribution in [2.75, 3.05) is 4.90 Å². The number of hydrogen-bond donors (Lipinski definition) is 3. The first-order chi connectivity index (χ1) is 18.2. The predicted octanol–water partition coefficient (Wildman–Crippen LogP) is 3.38. The summed E-state index contributed by atoms with van der Waals surface area (Å²) in [6, 6.07) is 17.7. The largest absolute Gasteiger partial charge is 0.508 e. The number of rotatable bonds is 7. The standard InChI is InChI=1S/C28H25N3O7/c1-2-16-7-11-18(12-8-16)30-25(33)22-23(26(30)34)28(27(35)36,15-17-9-13-19(14-10-17)31(37)38)29-24(22)20-5-3-4-6-21(20)32/h3-14,22-24,29,32H,2,15H2,1H3,(H,35,36). The Kier molecular flexibility index (Phi) is 6.20. The molecule has 0 saturated carbocycles. The van der Waals surface area contributed by atoms with Gasteiger partial charge in [-0.25, -0.2) is 4.90 Å². The van der Waals surface area contributed by atoms with Crippen molar-refractivity contribution in [2.45, 2.75) is 31.3 Å². The number of aryl methyl sites for hydroxylation is 1. The number of phenols is 1. The van der Waals surface area contributed by atoms with Gasteiger partial charge in [0.15, 0.2) is 0 Å². The van der Waals surface area contributed by atoms with Crippen LogP contribution >= 0.6 is 0 Å². The number of non-ortho nitro benzene ring substituents is 1. The minimum absolute atomic E-state index is 0.133. The molecule has 0 aromatic heterocycles. The molecule has 3 aromatic rings. The van der Waals surface area contributed by atoms with Crippen molar-refractivity contribution in [3.63, 3.8) is 0 Å². The number of imide groups is 1. The van der Waals surface area contributed by atoms with Crippen LogP contribution in [-0.4, -0.2) is 38.5 Å². The van der Waals surface area contributed by atoms with Crippen LogP contribution in [0.1, 0.15) is 29.7 Å². The summed E-state index contributed by atoms with van der Waals surface area (Å²) in [4.78, 5) is 52.3. The molecule has 0 bridgehead atoms. The number of carboxylic acid groups (broad SMARTS) is 1. The second-order valence-corrected chi connectivity index (χ2v) is 9.59. The van der Waals surface area contributed by atoms with Gasteiger partial charge in [0.05, 0.1) is 22.4 Å². The number of aliphatic carboxylic acids is 1. The Hall–Kier alpha value is -4.57. The molecule has 0 radical (unpaired) electrons. The van der Waals surface area contributed by atoms with Crippen LogP contribution < -0.4 is 10.2 Å². The molecule has 3 aromatic carbocycles. The lowest BCUT2D eigenvalue weighted by Crippen LogP contribution is -2.57. The summed E-state index contributed by atoms with van der Waals surface area (Å²) in [5.74, 6) is -5.08. The molecule has 0 spiro atoms. The van der Waals surface area contributed by atoms with Gasteiger partial charge in [0.2, 0.25) is 11.8 Å². The average Bonchev–Trinajstić information content (AvgIpc) is 3.38. The molecule has 194 valence electrons. The first kappa shape index (κ1) is 25.1. The lowest BCUT2D eigenvalue weighted by atomic mass is 9.76. The van der Waals surface area contributed by atoms with Crippen LogP contribution in [-0.2, 0) is 27.2 Å². The number of fused-ring (bicyclic) bond motifs is 1. The van der Waals surface area contributed by atoms with Crippen molar-refractivity contribution in [3.05, 3.63) is 99.6 Å². The molecule has 38 heavy (non-hydrogen) atoms. The van der Waals surface area contributed by atoms with E-state index in [1.165, 1.54) is 30.3 Å². The molecule has 2 fully saturated rings. The van der Waals surface area contributed by atoms with E-state index in [2.05, 4.69) is 5.32 Å². The molecule has 5 rings (SSSR count). The second-order valence-electron chi connectivity index (χ2n) is 9.59. The van der Waals surface area contributed by atoms with Gasteiger partial charge in [0, 0.05) is 30.2 Å². The number of aromatic hydroxyl groups is 1. The number of nitro benzene ring substituents is 1. The van der Waals surface area contributed by atoms with E-state index in [9.17, 15) is 34.7 Å². The number of nitrogens with zero attached hydrogens (tertiary/aromatic N) is 2. The Morgan fingerprint density at radius 1 is 1.00 bits per heavy atom. The van der Waals surface area contributed by atoms with E-state index in [0.717, 1.165) is 16.9 Å². The zero-order valence-corrected chi connectivity index (χ0v) is 20.4. The fourth-order valence-electron chi connectivity index (χ4n) is 5.65. The molecule has 0 aliphatic carbocycles. The van der Waals surface area contributed by atoms with Crippen molar-refractivity contribution in [2.24, 2.45) is 11.8 Å². The minimum atomic E-state index is -1.92. The van der Waals surface area contributed by atoms with Crippen molar-refractivity contribution < 1.29 is 29.5 Å². The number of para-hydroxylation sites is 1. The number of nitro groups is 1. The number of anilines is 1. The van der Waals surface area contributed by atoms with Gasteiger partial charge in [0.1, 0.15) is 11.3 Å². The lowest BCUT2D eigenvalue weighted by Gasteiger charge is -2.31. The van der Waals surface area contributed by atoms with Gasteiger partial charge in [-0.15, -0.1) is 0 Å². The minimum Gasteiger partial charge on any atom is -0.508 e. The van der Waals surface area contributed by atoms with Crippen LogP contribution in [0.25, 0.3) is 0 Å². The van der Waals surface area contributed by atoms with Gasteiger partial charge in [-0.05, 0) is 35.7 Å². The highest BCUT2D eigenvalue weighted by Crippen LogP contribution is 2.52. The van der Waals surface area contributed by atoms with E-state index in [0.29, 0.717) is 16.8 Å². The second kappa shape index (κ2) is 9.38. The third-order valence-electron chi connectivity index (χ3n) is 7.54. The summed E-state index contributed by atoms with van der Waals surface area (Å²) >= 11 is 0. The van der Waals surface area contributed by atoms with E-state index >= 15 is 0 Å². The number of amides is 2. The maximum atomic E-state index is 13.9. The molecule has 10 heteroatoms. The summed E-state index contributed by atoms with van der Waals surface area (Å²) < 4.78 is 0. The fourth-order valence-corrected chi connectivity index (χ4v) is 5.65. The summed E-state index contributed by atoms with van der Waals surface area (Å²) in [6.45, 7) is 1.98. The van der Waals surface area contributed by atoms with Crippen molar-refractivity contribution in [1.82, 2.24) is 5.32 Å². The highest BCUT2D eigenvalue weighted by Gasteiger charge is 2.68. The molecular weight excluding hydrogens is 490 g/mol. The van der Waals surface area contributed by atoms with Gasteiger partial charge in [-0.1, -0.05) is 49.4 Å². The van der Waals surface area contributed by atoms with Crippen molar-refractivity contribution in [3.8, 4) is 5.75 Å². The van der Waals surface area contributed by atoms with Gasteiger partial charge >= 0.3 is 5.97 Å². The van der Waals surface area contributed by atoms with Crippen molar-refractivity contribution >= 4 is 29.2 Å². The van der Waals surface area contributed by atoms with E-state index in [4.69, 9.17) is 0 Å². The van der Waals surface area contributed by atoms with Crippen LogP contribution in [0.15, 0.2) is 72.8 Å². The highest BCUT2D eigenvalue weighted by atomic mass is 16.6. The smallest absolute Gasteiger partial charge is 0.325 e. The highest BCUT2D eigenvalue weighted by molar-refractivity contribution is 6.24. The van der Waals surface area contributed by atoms with E-state index in [1.54, 1.807) is 30.3 Å². The Balaban J connectivity index is 1.63. The van der Waals surface area contributed by atoms with Crippen LogP contribution in [0.3, 0.4) is 0 Å². The number of benzene rings is 3. The first-order valence-corrected chi connectivity index (χ1v) is 12.2. The molecule has 4 unspecified atom stereocenters. The SMILES string of the molecule is CCc1ccc(N2C(=O)C3C(c4ccccc4O)NC(Cc4ccc([N+](=O)[O-])cc4)(C(=O)O)C3C2=O)cc1. The molecule has 3 N–H and O–H groups in total. The van der Waals surface area contributed by atoms with Gasteiger partial charge in [0.25, 0.3) is 5.69 Å². The quantitative estimate of drug-likeness (QED) is 0.246. The van der Waals surface area contributed by atoms with E-state index in [-0.39, 0.29) is 17.9 Å². The Labute approximate surface area is 217 Å². The summed E-state index contributed by atoms with van der Waals surface area (Å²) in [5, 5.41) is 35.3. The number of hydrogen-bond acceptors (Lipinski definition) is 7. The molecule has 2 amide bonds. The van der Waals surface area contributed by atoms with Crippen LogP contribution in [0, 0.1) is 22.0 Å².